The molecule has 0 fully saturated rings. The third-order valence-corrected chi connectivity index (χ3v) is 5.47. The summed E-state index contributed by atoms with van der Waals surface area (Å²) in [6.45, 7) is 2.58. The molecule has 0 saturated carbocycles. The number of rotatable bonds is 6. The summed E-state index contributed by atoms with van der Waals surface area (Å²) in [5, 5.41) is 0.461. The summed E-state index contributed by atoms with van der Waals surface area (Å²) in [5.41, 5.74) is 6.06. The highest BCUT2D eigenvalue weighted by atomic mass is 35.5. The quantitative estimate of drug-likeness (QED) is 0.875. The van der Waals surface area contributed by atoms with Gasteiger partial charge in [0.25, 0.3) is 0 Å². The Morgan fingerprint density at radius 3 is 2.47 bits per heavy atom. The smallest absolute Gasteiger partial charge is 0.244 e. The second-order valence-corrected chi connectivity index (χ2v) is 7.09. The molecule has 1 rings (SSSR count). The molecule has 0 bridgehead atoms. The summed E-state index contributed by atoms with van der Waals surface area (Å²) in [7, 11) is -2.10. The Morgan fingerprint density at radius 1 is 1.32 bits per heavy atom. The lowest BCUT2D eigenvalue weighted by molar-refractivity contribution is 0.459. The molecule has 0 atom stereocenters. The van der Waals surface area contributed by atoms with Gasteiger partial charge in [-0.3, -0.25) is 0 Å². The van der Waals surface area contributed by atoms with Crippen molar-refractivity contribution < 1.29 is 8.42 Å². The Hall–Kier alpha value is -0.330. The van der Waals surface area contributed by atoms with E-state index in [0.29, 0.717) is 17.1 Å². The zero-order valence-corrected chi connectivity index (χ0v) is 13.3. The van der Waals surface area contributed by atoms with Gasteiger partial charge in [0.1, 0.15) is 4.90 Å². The number of nitrogens with zero attached hydrogens (tertiary/aromatic N) is 1. The van der Waals surface area contributed by atoms with E-state index in [1.54, 1.807) is 6.07 Å². The van der Waals surface area contributed by atoms with Gasteiger partial charge in [-0.2, -0.15) is 0 Å². The Bertz CT molecular complexity index is 547. The molecule has 0 unspecified atom stereocenters. The number of nitrogens with two attached hydrogens (primary N) is 1. The summed E-state index contributed by atoms with van der Waals surface area (Å²) < 4.78 is 26.1. The topological polar surface area (TPSA) is 63.4 Å². The minimum absolute atomic E-state index is 0.0146. The minimum Gasteiger partial charge on any atom is -0.326 e. The highest BCUT2D eigenvalue weighted by molar-refractivity contribution is 7.89. The maximum absolute atomic E-state index is 12.4. The fraction of sp³-hybridized carbons (Fsp3) is 0.500. The highest BCUT2D eigenvalue weighted by Crippen LogP contribution is 2.31. The maximum Gasteiger partial charge on any atom is 0.244 e. The lowest BCUT2D eigenvalue weighted by Gasteiger charge is -2.18. The van der Waals surface area contributed by atoms with Crippen LogP contribution in [0.25, 0.3) is 0 Å². The highest BCUT2D eigenvalue weighted by Gasteiger charge is 2.25. The van der Waals surface area contributed by atoms with Crippen LogP contribution in [-0.2, 0) is 16.6 Å². The standard InChI is InChI=1S/C12H18Cl2N2O2S/c1-3-4-5-16(2)19(17,18)11-7-10(13)6-9(8-15)12(11)14/h6-7H,3-5,8,15H2,1-2H3. The number of halogens is 2. The van der Waals surface area contributed by atoms with E-state index in [-0.39, 0.29) is 16.5 Å². The van der Waals surface area contributed by atoms with Crippen molar-refractivity contribution in [2.24, 2.45) is 5.73 Å². The summed E-state index contributed by atoms with van der Waals surface area (Å²) in [5.74, 6) is 0. The van der Waals surface area contributed by atoms with Crippen molar-refractivity contribution in [2.75, 3.05) is 13.6 Å². The van der Waals surface area contributed by atoms with Crippen LogP contribution in [-0.4, -0.2) is 26.3 Å². The van der Waals surface area contributed by atoms with Crippen molar-refractivity contribution in [3.05, 3.63) is 27.7 Å². The molecule has 1 aromatic carbocycles. The van der Waals surface area contributed by atoms with E-state index < -0.39 is 10.0 Å². The van der Waals surface area contributed by atoms with E-state index in [9.17, 15) is 8.42 Å². The number of hydrogen-bond acceptors (Lipinski definition) is 3. The molecule has 19 heavy (non-hydrogen) atoms. The summed E-state index contributed by atoms with van der Waals surface area (Å²) >= 11 is 12.0. The van der Waals surface area contributed by atoms with Crippen LogP contribution in [0, 0.1) is 0 Å². The second-order valence-electron chi connectivity index (χ2n) is 4.26. The normalized spacial score (nSPS) is 12.1. The van der Waals surface area contributed by atoms with Crippen LogP contribution in [0.3, 0.4) is 0 Å². The molecular formula is C12H18Cl2N2O2S. The zero-order chi connectivity index (χ0) is 14.6. The van der Waals surface area contributed by atoms with Crippen LogP contribution in [0.2, 0.25) is 10.0 Å². The summed E-state index contributed by atoms with van der Waals surface area (Å²) in [4.78, 5) is 0.0146. The number of unbranched alkanes of at least 4 members (excludes halogenated alkanes) is 1. The average molecular weight is 325 g/mol. The molecule has 0 saturated heterocycles. The maximum atomic E-state index is 12.4. The molecule has 4 nitrogen and oxygen atoms in total. The van der Waals surface area contributed by atoms with Crippen molar-refractivity contribution in [2.45, 2.75) is 31.2 Å². The van der Waals surface area contributed by atoms with Crippen LogP contribution in [0.15, 0.2) is 17.0 Å². The monoisotopic (exact) mass is 324 g/mol. The molecule has 0 aliphatic heterocycles. The van der Waals surface area contributed by atoms with Gasteiger partial charge >= 0.3 is 0 Å². The summed E-state index contributed by atoms with van der Waals surface area (Å²) in [6.07, 6.45) is 1.70. The van der Waals surface area contributed by atoms with E-state index in [4.69, 9.17) is 28.9 Å². The van der Waals surface area contributed by atoms with E-state index >= 15 is 0 Å². The molecule has 7 heteroatoms. The van der Waals surface area contributed by atoms with Gasteiger partial charge in [-0.1, -0.05) is 36.5 Å². The van der Waals surface area contributed by atoms with Crippen molar-refractivity contribution in [1.29, 1.82) is 0 Å². The minimum atomic E-state index is -3.64. The van der Waals surface area contributed by atoms with E-state index in [2.05, 4.69) is 0 Å². The van der Waals surface area contributed by atoms with E-state index in [1.165, 1.54) is 17.4 Å². The first-order valence-electron chi connectivity index (χ1n) is 5.99. The lowest BCUT2D eigenvalue weighted by Crippen LogP contribution is -2.28. The van der Waals surface area contributed by atoms with Gasteiger partial charge in [-0.15, -0.1) is 0 Å². The Labute approximate surface area is 124 Å². The molecule has 1 aromatic rings. The third-order valence-electron chi connectivity index (χ3n) is 2.81. The Kier molecular flexibility index (Phi) is 6.08. The van der Waals surface area contributed by atoms with Gasteiger partial charge in [0.05, 0.1) is 5.02 Å². The van der Waals surface area contributed by atoms with Crippen LogP contribution >= 0.6 is 23.2 Å². The molecule has 0 heterocycles. The molecular weight excluding hydrogens is 307 g/mol. The number of sulfonamides is 1. The molecule has 0 aliphatic carbocycles. The predicted octanol–water partition coefficient (Wildman–Crippen LogP) is 2.87. The largest absolute Gasteiger partial charge is 0.326 e. The molecule has 0 radical (unpaired) electrons. The first kappa shape index (κ1) is 16.7. The second kappa shape index (κ2) is 6.90. The van der Waals surface area contributed by atoms with Crippen LogP contribution in [0.5, 0.6) is 0 Å². The SMILES string of the molecule is CCCCN(C)S(=O)(=O)c1cc(Cl)cc(CN)c1Cl. The fourth-order valence-corrected chi connectivity index (χ4v) is 3.75. The fourth-order valence-electron chi connectivity index (χ4n) is 1.62. The molecule has 2 N–H and O–H groups in total. The van der Waals surface area contributed by atoms with Crippen LogP contribution in [0.4, 0.5) is 0 Å². The van der Waals surface area contributed by atoms with Gasteiger partial charge in [0, 0.05) is 25.2 Å². The molecule has 0 spiro atoms. The van der Waals surface area contributed by atoms with Crippen LogP contribution in [0.1, 0.15) is 25.3 Å². The molecule has 108 valence electrons. The van der Waals surface area contributed by atoms with Gasteiger partial charge in [0.15, 0.2) is 0 Å². The molecule has 0 aromatic heterocycles. The lowest BCUT2D eigenvalue weighted by atomic mass is 10.2. The van der Waals surface area contributed by atoms with Gasteiger partial charge < -0.3 is 5.73 Å². The Balaban J connectivity index is 3.25. The summed E-state index contributed by atoms with van der Waals surface area (Å²) in [6, 6.07) is 2.94. The van der Waals surface area contributed by atoms with Gasteiger partial charge in [-0.05, 0) is 24.1 Å². The first-order valence-corrected chi connectivity index (χ1v) is 8.18. The van der Waals surface area contributed by atoms with Crippen molar-refractivity contribution in [1.82, 2.24) is 4.31 Å². The van der Waals surface area contributed by atoms with Crippen LogP contribution < -0.4 is 5.73 Å². The zero-order valence-electron chi connectivity index (χ0n) is 11.0. The predicted molar refractivity (Wildman–Crippen MR) is 79.1 cm³/mol. The van der Waals surface area contributed by atoms with Crippen molar-refractivity contribution >= 4 is 33.2 Å². The van der Waals surface area contributed by atoms with Crippen molar-refractivity contribution in [3.8, 4) is 0 Å². The molecule has 0 aliphatic rings. The number of hydrogen-bond donors (Lipinski definition) is 1. The Morgan fingerprint density at radius 2 is 1.95 bits per heavy atom. The molecule has 0 amide bonds. The van der Waals surface area contributed by atoms with E-state index in [1.807, 2.05) is 6.92 Å². The third kappa shape index (κ3) is 3.83. The van der Waals surface area contributed by atoms with E-state index in [0.717, 1.165) is 12.8 Å². The van der Waals surface area contributed by atoms with Gasteiger partial charge in [-0.25, -0.2) is 12.7 Å². The first-order chi connectivity index (χ1) is 8.84. The van der Waals surface area contributed by atoms with Crippen molar-refractivity contribution in [3.63, 3.8) is 0 Å². The average Bonchev–Trinajstić information content (AvgIpc) is 2.37. The van der Waals surface area contributed by atoms with Gasteiger partial charge in [0.2, 0.25) is 10.0 Å². The number of benzene rings is 1.